The van der Waals surface area contributed by atoms with Crippen molar-refractivity contribution in [2.24, 2.45) is 23.5 Å². The number of methoxy groups -OCH3 is 1. The van der Waals surface area contributed by atoms with Crippen molar-refractivity contribution < 1.29 is 9.53 Å². The molecule has 2 fully saturated rings. The van der Waals surface area contributed by atoms with E-state index in [-0.39, 0.29) is 48.8 Å². The molecule has 2 saturated carbocycles. The van der Waals surface area contributed by atoms with Crippen LogP contribution in [0, 0.1) is 17.8 Å². The number of thiazole rings is 1. The van der Waals surface area contributed by atoms with Gasteiger partial charge in [0.1, 0.15) is 11.1 Å². The van der Waals surface area contributed by atoms with E-state index in [9.17, 15) is 4.79 Å². The van der Waals surface area contributed by atoms with Crippen molar-refractivity contribution in [1.82, 2.24) is 10.3 Å². The van der Waals surface area contributed by atoms with Crippen LogP contribution in [0.2, 0.25) is 0 Å². The third kappa shape index (κ3) is 4.17. The Hall–Kier alpha value is -0.400. The van der Waals surface area contributed by atoms with Crippen LogP contribution in [0.1, 0.15) is 43.0 Å². The molecule has 1 amide bonds. The van der Waals surface area contributed by atoms with Gasteiger partial charge >= 0.3 is 0 Å². The van der Waals surface area contributed by atoms with E-state index in [1.807, 2.05) is 12.3 Å². The largest absolute Gasteiger partial charge is 0.375 e. The number of fused-ring (bicyclic) bond motifs is 2. The highest BCUT2D eigenvalue weighted by Gasteiger charge is 2.48. The van der Waals surface area contributed by atoms with Crippen LogP contribution in [0.3, 0.4) is 0 Å². The fraction of sp³-hybridized carbons (Fsp3) is 0.733. The number of carbonyl (C=O) groups excluding carboxylic acids is 1. The number of carbonyl (C=O) groups is 1. The summed E-state index contributed by atoms with van der Waals surface area (Å²) < 4.78 is 5.25. The zero-order valence-corrected chi connectivity index (χ0v) is 15.8. The van der Waals surface area contributed by atoms with Gasteiger partial charge in [-0.25, -0.2) is 4.98 Å². The van der Waals surface area contributed by atoms with Gasteiger partial charge in [0.2, 0.25) is 5.91 Å². The Labute approximate surface area is 153 Å². The Balaban J connectivity index is 0.00000132. The summed E-state index contributed by atoms with van der Waals surface area (Å²) in [6, 6.07) is 0.0447. The number of nitrogens with zero attached hydrogens (tertiary/aromatic N) is 1. The predicted molar refractivity (Wildman–Crippen MR) is 96.2 cm³/mol. The Morgan fingerprint density at radius 3 is 2.78 bits per heavy atom. The minimum Gasteiger partial charge on any atom is -0.375 e. The lowest BCUT2D eigenvalue weighted by Crippen LogP contribution is -2.45. The van der Waals surface area contributed by atoms with Crippen molar-refractivity contribution >= 4 is 42.1 Å². The first-order chi connectivity index (χ1) is 10.1. The molecule has 8 heteroatoms. The topological polar surface area (TPSA) is 77.2 Å². The molecule has 3 rings (SSSR count). The molecular weight excluding hydrogens is 357 g/mol. The number of halogens is 2. The number of nitrogens with one attached hydrogen (secondary N) is 1. The van der Waals surface area contributed by atoms with Crippen LogP contribution in [0.15, 0.2) is 5.38 Å². The maximum atomic E-state index is 12.4. The van der Waals surface area contributed by atoms with Crippen molar-refractivity contribution in [3.63, 3.8) is 0 Å². The van der Waals surface area contributed by atoms with E-state index in [4.69, 9.17) is 10.5 Å². The SMILES string of the molecule is COC(C)c1nc(CNC(=O)C2C3CCC(C3)C2N)cs1.Cl.Cl. The average molecular weight is 382 g/mol. The molecule has 3 N–H and O–H groups in total. The fourth-order valence-electron chi connectivity index (χ4n) is 3.71. The molecule has 1 aromatic rings. The Morgan fingerprint density at radius 2 is 2.17 bits per heavy atom. The van der Waals surface area contributed by atoms with Crippen molar-refractivity contribution in [1.29, 1.82) is 0 Å². The molecule has 0 spiro atoms. The minimum absolute atomic E-state index is 0. The Bertz CT molecular complexity index is 527. The first kappa shape index (κ1) is 20.6. The van der Waals surface area contributed by atoms with Gasteiger partial charge in [-0.1, -0.05) is 0 Å². The van der Waals surface area contributed by atoms with Gasteiger partial charge in [-0.2, -0.15) is 0 Å². The Morgan fingerprint density at radius 1 is 1.48 bits per heavy atom. The first-order valence-electron chi connectivity index (χ1n) is 7.60. The van der Waals surface area contributed by atoms with E-state index in [0.717, 1.165) is 23.5 Å². The molecular formula is C15H25Cl2N3O2S. The number of hydrogen-bond acceptors (Lipinski definition) is 5. The highest BCUT2D eigenvalue weighted by atomic mass is 35.5. The van der Waals surface area contributed by atoms with Gasteiger partial charge in [-0.15, -0.1) is 36.2 Å². The normalized spacial score (nSPS) is 29.5. The third-order valence-electron chi connectivity index (χ3n) is 5.00. The van der Waals surface area contributed by atoms with Crippen LogP contribution in [-0.4, -0.2) is 24.0 Å². The molecule has 0 radical (unpaired) electrons. The molecule has 2 aliphatic rings. The highest BCUT2D eigenvalue weighted by Crippen LogP contribution is 2.47. The monoisotopic (exact) mass is 381 g/mol. The number of ether oxygens (including phenoxy) is 1. The van der Waals surface area contributed by atoms with Gasteiger partial charge in [0.05, 0.1) is 18.2 Å². The highest BCUT2D eigenvalue weighted by molar-refractivity contribution is 7.09. The van der Waals surface area contributed by atoms with Crippen LogP contribution in [-0.2, 0) is 16.1 Å². The van der Waals surface area contributed by atoms with E-state index in [0.29, 0.717) is 18.4 Å². The second kappa shape index (κ2) is 8.62. The number of aromatic nitrogens is 1. The second-order valence-electron chi connectivity index (χ2n) is 6.21. The quantitative estimate of drug-likeness (QED) is 0.821. The van der Waals surface area contributed by atoms with Gasteiger partial charge in [0.25, 0.3) is 0 Å². The average Bonchev–Trinajstić information content (AvgIpc) is 3.19. The van der Waals surface area contributed by atoms with E-state index >= 15 is 0 Å². The number of rotatable bonds is 5. The van der Waals surface area contributed by atoms with E-state index < -0.39 is 0 Å². The molecule has 0 saturated heterocycles. The van der Waals surface area contributed by atoms with Crippen LogP contribution in [0.25, 0.3) is 0 Å². The standard InChI is InChI=1S/C15H23N3O2S.2ClH/c1-8(20-2)15-18-11(7-21-15)6-17-14(19)12-9-3-4-10(5-9)13(12)16;;/h7-10,12-13H,3-6,16H2,1-2H3,(H,17,19);2*1H. The van der Waals surface area contributed by atoms with Gasteiger partial charge in [0.15, 0.2) is 0 Å². The summed E-state index contributed by atoms with van der Waals surface area (Å²) >= 11 is 1.57. The number of hydrogen-bond donors (Lipinski definition) is 2. The third-order valence-corrected chi connectivity index (χ3v) is 6.05. The molecule has 0 aliphatic heterocycles. The van der Waals surface area contributed by atoms with Crippen LogP contribution in [0.5, 0.6) is 0 Å². The molecule has 2 bridgehead atoms. The zero-order chi connectivity index (χ0) is 15.0. The van der Waals surface area contributed by atoms with Gasteiger partial charge in [-0.3, -0.25) is 4.79 Å². The molecule has 132 valence electrons. The van der Waals surface area contributed by atoms with Crippen LogP contribution < -0.4 is 11.1 Å². The summed E-state index contributed by atoms with van der Waals surface area (Å²) in [6.07, 6.45) is 3.48. The van der Waals surface area contributed by atoms with Crippen LogP contribution in [0.4, 0.5) is 0 Å². The molecule has 5 atom stereocenters. The smallest absolute Gasteiger partial charge is 0.225 e. The number of nitrogens with two attached hydrogens (primary N) is 1. The summed E-state index contributed by atoms with van der Waals surface area (Å²) in [4.78, 5) is 16.9. The molecule has 0 aromatic carbocycles. The predicted octanol–water partition coefficient (Wildman–Crippen LogP) is 2.68. The summed E-state index contributed by atoms with van der Waals surface area (Å²) in [7, 11) is 1.67. The molecule has 23 heavy (non-hydrogen) atoms. The van der Waals surface area contributed by atoms with Crippen molar-refractivity contribution in [2.45, 2.75) is 44.9 Å². The Kier molecular flexibility index (Phi) is 7.74. The molecule has 5 nitrogen and oxygen atoms in total. The lowest BCUT2D eigenvalue weighted by atomic mass is 9.84. The van der Waals surface area contributed by atoms with Crippen molar-refractivity contribution in [3.05, 3.63) is 16.1 Å². The molecule has 1 aromatic heterocycles. The van der Waals surface area contributed by atoms with E-state index in [1.165, 1.54) is 6.42 Å². The minimum atomic E-state index is -0.00144. The molecule has 5 unspecified atom stereocenters. The number of amides is 1. The fourth-order valence-corrected chi connectivity index (χ4v) is 4.56. The second-order valence-corrected chi connectivity index (χ2v) is 7.10. The van der Waals surface area contributed by atoms with Gasteiger partial charge in [0, 0.05) is 18.5 Å². The summed E-state index contributed by atoms with van der Waals surface area (Å²) in [5.41, 5.74) is 7.10. The van der Waals surface area contributed by atoms with Crippen molar-refractivity contribution in [3.8, 4) is 0 Å². The van der Waals surface area contributed by atoms with E-state index in [1.54, 1.807) is 18.4 Å². The van der Waals surface area contributed by atoms with Gasteiger partial charge in [-0.05, 0) is 38.0 Å². The van der Waals surface area contributed by atoms with Crippen LogP contribution >= 0.6 is 36.2 Å². The molecule has 1 heterocycles. The maximum absolute atomic E-state index is 12.4. The summed E-state index contributed by atoms with van der Waals surface area (Å²) in [5, 5.41) is 5.93. The summed E-state index contributed by atoms with van der Waals surface area (Å²) in [5.74, 6) is 1.15. The van der Waals surface area contributed by atoms with Gasteiger partial charge < -0.3 is 15.8 Å². The summed E-state index contributed by atoms with van der Waals surface area (Å²) in [6.45, 7) is 2.45. The lowest BCUT2D eigenvalue weighted by molar-refractivity contribution is -0.127. The molecule has 2 aliphatic carbocycles. The van der Waals surface area contributed by atoms with Crippen molar-refractivity contribution in [2.75, 3.05) is 7.11 Å². The zero-order valence-electron chi connectivity index (χ0n) is 13.4. The first-order valence-corrected chi connectivity index (χ1v) is 8.48. The lowest BCUT2D eigenvalue weighted by Gasteiger charge is -2.26. The maximum Gasteiger partial charge on any atom is 0.225 e. The van der Waals surface area contributed by atoms with E-state index in [2.05, 4.69) is 10.3 Å².